The quantitative estimate of drug-likeness (QED) is 0.446. The first kappa shape index (κ1) is 21.6. The van der Waals surface area contributed by atoms with Crippen molar-refractivity contribution < 1.29 is 14.3 Å². The van der Waals surface area contributed by atoms with Crippen LogP contribution in [0.4, 0.5) is 4.79 Å². The van der Waals surface area contributed by atoms with Gasteiger partial charge in [0, 0.05) is 18.4 Å². The number of hydrogen-bond donors (Lipinski definition) is 1. The number of nitrogens with zero attached hydrogens (tertiary/aromatic N) is 2. The number of fused-ring (bicyclic) bond motifs is 3. The van der Waals surface area contributed by atoms with E-state index in [1.807, 2.05) is 77.8 Å². The van der Waals surface area contributed by atoms with Crippen LogP contribution in [-0.2, 0) is 13.1 Å². The largest absolute Gasteiger partial charge is 0.493 e. The van der Waals surface area contributed by atoms with Gasteiger partial charge in [-0.15, -0.1) is 0 Å². The number of amides is 2. The summed E-state index contributed by atoms with van der Waals surface area (Å²) < 4.78 is 13.2. The van der Waals surface area contributed by atoms with Gasteiger partial charge in [-0.05, 0) is 47.0 Å². The molecule has 1 unspecified atom stereocenters. The van der Waals surface area contributed by atoms with Gasteiger partial charge in [0.05, 0.1) is 32.5 Å². The highest BCUT2D eigenvalue weighted by molar-refractivity contribution is 5.76. The Labute approximate surface area is 199 Å². The standard InChI is InChI=1S/C28H27N3O3/c1-33-25-15-14-21(17-26(25)34-2)27-24-13-8-16-30(24)23-12-7-6-11-22(23)19-31(27)28(32)29-18-20-9-4-3-5-10-20/h3-17,27H,18-19H2,1-2H3,(H,29,32). The SMILES string of the molecule is COc1ccc(C2c3cccn3-c3ccccc3CN2C(=O)NCc2ccccc2)cc1OC. The van der Waals surface area contributed by atoms with Gasteiger partial charge in [-0.3, -0.25) is 0 Å². The third-order valence-electron chi connectivity index (χ3n) is 6.23. The number of carbonyl (C=O) groups is 1. The Morgan fingerprint density at radius 3 is 2.47 bits per heavy atom. The monoisotopic (exact) mass is 453 g/mol. The van der Waals surface area contributed by atoms with Gasteiger partial charge in [-0.1, -0.05) is 54.6 Å². The number of rotatable bonds is 5. The van der Waals surface area contributed by atoms with Crippen molar-refractivity contribution in [2.45, 2.75) is 19.1 Å². The molecule has 0 bridgehead atoms. The summed E-state index contributed by atoms with van der Waals surface area (Å²) in [5.41, 5.74) is 5.16. The number of nitrogens with one attached hydrogen (secondary N) is 1. The number of ether oxygens (including phenoxy) is 2. The Kier molecular flexibility index (Phi) is 5.95. The maximum atomic E-state index is 13.7. The van der Waals surface area contributed by atoms with E-state index in [0.717, 1.165) is 28.1 Å². The average Bonchev–Trinajstić information content (AvgIpc) is 3.31. The molecule has 6 nitrogen and oxygen atoms in total. The van der Waals surface area contributed by atoms with Crippen LogP contribution in [-0.4, -0.2) is 29.7 Å². The zero-order chi connectivity index (χ0) is 23.5. The van der Waals surface area contributed by atoms with E-state index in [1.165, 1.54) is 0 Å². The Bertz CT molecular complexity index is 1300. The minimum atomic E-state index is -0.321. The van der Waals surface area contributed by atoms with E-state index in [2.05, 4.69) is 28.1 Å². The van der Waals surface area contributed by atoms with Crippen LogP contribution in [0.2, 0.25) is 0 Å². The molecule has 1 aliphatic heterocycles. The number of methoxy groups -OCH3 is 2. The third kappa shape index (κ3) is 3.99. The number of urea groups is 1. The molecule has 0 fully saturated rings. The number of para-hydroxylation sites is 1. The molecule has 1 N–H and O–H groups in total. The van der Waals surface area contributed by atoms with Crippen molar-refractivity contribution in [3.05, 3.63) is 114 Å². The lowest BCUT2D eigenvalue weighted by atomic mass is 10.0. The minimum absolute atomic E-state index is 0.131. The van der Waals surface area contributed by atoms with Crippen molar-refractivity contribution in [3.8, 4) is 17.2 Å². The first-order chi connectivity index (χ1) is 16.7. The zero-order valence-corrected chi connectivity index (χ0v) is 19.3. The maximum absolute atomic E-state index is 13.7. The Balaban J connectivity index is 1.59. The first-order valence-electron chi connectivity index (χ1n) is 11.3. The molecule has 0 saturated heterocycles. The predicted molar refractivity (Wildman–Crippen MR) is 131 cm³/mol. The van der Waals surface area contributed by atoms with Gasteiger partial charge in [0.2, 0.25) is 0 Å². The Morgan fingerprint density at radius 2 is 1.68 bits per heavy atom. The van der Waals surface area contributed by atoms with E-state index in [1.54, 1.807) is 14.2 Å². The summed E-state index contributed by atoms with van der Waals surface area (Å²) in [5.74, 6) is 1.28. The fourth-order valence-electron chi connectivity index (χ4n) is 4.59. The van der Waals surface area contributed by atoms with E-state index >= 15 is 0 Å². The summed E-state index contributed by atoms with van der Waals surface area (Å²) in [6.07, 6.45) is 2.05. The summed E-state index contributed by atoms with van der Waals surface area (Å²) in [6.45, 7) is 0.926. The molecule has 0 radical (unpaired) electrons. The molecule has 4 aromatic rings. The predicted octanol–water partition coefficient (Wildman–Crippen LogP) is 5.31. The van der Waals surface area contributed by atoms with Gasteiger partial charge in [0.25, 0.3) is 0 Å². The topological polar surface area (TPSA) is 55.7 Å². The van der Waals surface area contributed by atoms with Gasteiger partial charge in [0.15, 0.2) is 11.5 Å². The summed E-state index contributed by atoms with van der Waals surface area (Å²) in [4.78, 5) is 15.6. The molecule has 5 rings (SSSR count). The average molecular weight is 454 g/mol. The van der Waals surface area contributed by atoms with Gasteiger partial charge >= 0.3 is 6.03 Å². The summed E-state index contributed by atoms with van der Waals surface area (Å²) in [6, 6.07) is 27.6. The van der Waals surface area contributed by atoms with Crippen LogP contribution in [0.1, 0.15) is 28.4 Å². The molecular weight excluding hydrogens is 426 g/mol. The smallest absolute Gasteiger partial charge is 0.318 e. The summed E-state index contributed by atoms with van der Waals surface area (Å²) in [5, 5.41) is 3.12. The maximum Gasteiger partial charge on any atom is 0.318 e. The second kappa shape index (κ2) is 9.35. The van der Waals surface area contributed by atoms with Crippen molar-refractivity contribution in [1.29, 1.82) is 0 Å². The molecule has 0 spiro atoms. The van der Waals surface area contributed by atoms with Gasteiger partial charge < -0.3 is 24.3 Å². The van der Waals surface area contributed by atoms with Crippen molar-refractivity contribution in [3.63, 3.8) is 0 Å². The number of carbonyl (C=O) groups excluding carboxylic acids is 1. The minimum Gasteiger partial charge on any atom is -0.493 e. The van der Waals surface area contributed by atoms with Crippen LogP contribution in [0.5, 0.6) is 11.5 Å². The molecule has 34 heavy (non-hydrogen) atoms. The highest BCUT2D eigenvalue weighted by Gasteiger charge is 2.33. The molecule has 0 saturated carbocycles. The number of hydrogen-bond acceptors (Lipinski definition) is 3. The van der Waals surface area contributed by atoms with Crippen LogP contribution in [0.25, 0.3) is 5.69 Å². The van der Waals surface area contributed by atoms with E-state index in [-0.39, 0.29) is 12.1 Å². The fourth-order valence-corrected chi connectivity index (χ4v) is 4.59. The lowest BCUT2D eigenvalue weighted by Gasteiger charge is -2.31. The summed E-state index contributed by atoms with van der Waals surface area (Å²) >= 11 is 0. The molecule has 1 atom stereocenters. The molecule has 0 aliphatic carbocycles. The first-order valence-corrected chi connectivity index (χ1v) is 11.3. The van der Waals surface area contributed by atoms with E-state index in [4.69, 9.17) is 9.47 Å². The van der Waals surface area contributed by atoms with Gasteiger partial charge in [-0.25, -0.2) is 4.79 Å². The van der Waals surface area contributed by atoms with Crippen molar-refractivity contribution in [2.75, 3.05) is 14.2 Å². The van der Waals surface area contributed by atoms with Crippen LogP contribution in [0.3, 0.4) is 0 Å². The Hall–Kier alpha value is -4.19. The van der Waals surface area contributed by atoms with Gasteiger partial charge in [-0.2, -0.15) is 0 Å². The lowest BCUT2D eigenvalue weighted by Crippen LogP contribution is -2.41. The highest BCUT2D eigenvalue weighted by atomic mass is 16.5. The molecule has 1 aromatic heterocycles. The highest BCUT2D eigenvalue weighted by Crippen LogP contribution is 2.39. The molecule has 2 amide bonds. The van der Waals surface area contributed by atoms with Crippen LogP contribution in [0, 0.1) is 0 Å². The lowest BCUT2D eigenvalue weighted by molar-refractivity contribution is 0.180. The van der Waals surface area contributed by atoms with Gasteiger partial charge in [0.1, 0.15) is 0 Å². The molecular formula is C28H27N3O3. The Morgan fingerprint density at radius 1 is 0.912 bits per heavy atom. The zero-order valence-electron chi connectivity index (χ0n) is 19.3. The molecule has 2 heterocycles. The van der Waals surface area contributed by atoms with Crippen molar-refractivity contribution in [1.82, 2.24) is 14.8 Å². The molecule has 1 aliphatic rings. The molecule has 3 aromatic carbocycles. The normalized spacial score (nSPS) is 14.5. The van der Waals surface area contributed by atoms with E-state index in [0.29, 0.717) is 24.6 Å². The number of aromatic nitrogens is 1. The van der Waals surface area contributed by atoms with Crippen LogP contribution >= 0.6 is 0 Å². The molecule has 6 heteroatoms. The second-order valence-corrected chi connectivity index (χ2v) is 8.22. The van der Waals surface area contributed by atoms with Crippen molar-refractivity contribution >= 4 is 6.03 Å². The second-order valence-electron chi connectivity index (χ2n) is 8.22. The van der Waals surface area contributed by atoms with Crippen LogP contribution in [0.15, 0.2) is 91.1 Å². The van der Waals surface area contributed by atoms with E-state index < -0.39 is 0 Å². The van der Waals surface area contributed by atoms with Crippen molar-refractivity contribution in [2.24, 2.45) is 0 Å². The summed E-state index contributed by atoms with van der Waals surface area (Å²) in [7, 11) is 3.24. The van der Waals surface area contributed by atoms with Crippen LogP contribution < -0.4 is 14.8 Å². The number of benzene rings is 3. The third-order valence-corrected chi connectivity index (χ3v) is 6.23. The molecule has 172 valence electrons. The van der Waals surface area contributed by atoms with E-state index in [9.17, 15) is 4.79 Å². The fraction of sp³-hybridized carbons (Fsp3) is 0.179.